The lowest BCUT2D eigenvalue weighted by Gasteiger charge is -2.06. The lowest BCUT2D eigenvalue weighted by Crippen LogP contribution is -2.06. The molecule has 0 amide bonds. The number of unbranched alkanes of at least 4 members (excludes halogenated alkanes) is 1. The number of ether oxygens (including phenoxy) is 2. The molecule has 120 valence electrons. The van der Waals surface area contributed by atoms with Gasteiger partial charge < -0.3 is 9.47 Å². The van der Waals surface area contributed by atoms with Crippen molar-refractivity contribution in [2.24, 2.45) is 0 Å². The SMILES string of the molecule is CS(=O)(=O)OCCCCOCCCOCc1ccccc1. The summed E-state index contributed by atoms with van der Waals surface area (Å²) in [6, 6.07) is 10.0. The quantitative estimate of drug-likeness (QED) is 0.437. The molecule has 1 aromatic rings. The molecule has 0 aromatic heterocycles. The normalized spacial score (nSPS) is 11.7. The first-order valence-corrected chi connectivity index (χ1v) is 8.93. The maximum Gasteiger partial charge on any atom is 0.264 e. The van der Waals surface area contributed by atoms with E-state index in [2.05, 4.69) is 4.18 Å². The molecule has 0 aliphatic rings. The van der Waals surface area contributed by atoms with Crippen LogP contribution in [0.25, 0.3) is 0 Å². The van der Waals surface area contributed by atoms with Gasteiger partial charge in [-0.1, -0.05) is 30.3 Å². The van der Waals surface area contributed by atoms with Gasteiger partial charge in [0.25, 0.3) is 10.1 Å². The van der Waals surface area contributed by atoms with E-state index in [9.17, 15) is 8.42 Å². The molecule has 0 heterocycles. The summed E-state index contributed by atoms with van der Waals surface area (Å²) >= 11 is 0. The molecular formula is C15H24O5S. The van der Waals surface area contributed by atoms with Crippen molar-refractivity contribution in [3.8, 4) is 0 Å². The molecule has 0 N–H and O–H groups in total. The molecule has 0 atom stereocenters. The Hall–Kier alpha value is -0.950. The summed E-state index contributed by atoms with van der Waals surface area (Å²) in [5, 5.41) is 0. The third kappa shape index (κ3) is 11.4. The molecule has 1 aromatic carbocycles. The molecule has 21 heavy (non-hydrogen) atoms. The lowest BCUT2D eigenvalue weighted by molar-refractivity contribution is 0.0735. The molecule has 6 heteroatoms. The monoisotopic (exact) mass is 316 g/mol. The molecule has 0 saturated heterocycles. The minimum atomic E-state index is -3.31. The summed E-state index contributed by atoms with van der Waals surface area (Å²) in [5.41, 5.74) is 1.17. The summed E-state index contributed by atoms with van der Waals surface area (Å²) in [6.45, 7) is 2.80. The third-order valence-corrected chi connectivity index (χ3v) is 3.26. The Bertz CT molecular complexity index is 458. The molecule has 0 saturated carbocycles. The van der Waals surface area contributed by atoms with E-state index < -0.39 is 10.1 Å². The van der Waals surface area contributed by atoms with E-state index in [0.29, 0.717) is 32.8 Å². The number of rotatable bonds is 12. The Morgan fingerprint density at radius 3 is 2.19 bits per heavy atom. The Morgan fingerprint density at radius 2 is 1.48 bits per heavy atom. The van der Waals surface area contributed by atoms with Crippen LogP contribution in [0.2, 0.25) is 0 Å². The maximum absolute atomic E-state index is 10.7. The summed E-state index contributed by atoms with van der Waals surface area (Å²) < 4.78 is 37.0. The highest BCUT2D eigenvalue weighted by Crippen LogP contribution is 2.01. The average Bonchev–Trinajstić information content (AvgIpc) is 2.44. The van der Waals surface area contributed by atoms with E-state index >= 15 is 0 Å². The van der Waals surface area contributed by atoms with Crippen LogP contribution in [0, 0.1) is 0 Å². The van der Waals surface area contributed by atoms with Gasteiger partial charge in [-0.25, -0.2) is 0 Å². The number of hydrogen-bond donors (Lipinski definition) is 0. The van der Waals surface area contributed by atoms with E-state index in [1.54, 1.807) is 0 Å². The van der Waals surface area contributed by atoms with Crippen molar-refractivity contribution in [1.82, 2.24) is 0 Å². The van der Waals surface area contributed by atoms with Crippen molar-refractivity contribution in [2.45, 2.75) is 25.9 Å². The van der Waals surface area contributed by atoms with Crippen LogP contribution >= 0.6 is 0 Å². The van der Waals surface area contributed by atoms with Crippen LogP contribution < -0.4 is 0 Å². The minimum absolute atomic E-state index is 0.225. The van der Waals surface area contributed by atoms with Crippen molar-refractivity contribution in [2.75, 3.05) is 32.7 Å². The average molecular weight is 316 g/mol. The summed E-state index contributed by atoms with van der Waals surface area (Å²) in [6.07, 6.45) is 3.38. The second-order valence-corrected chi connectivity index (χ2v) is 6.38. The lowest BCUT2D eigenvalue weighted by atomic mass is 10.2. The molecule has 0 radical (unpaired) electrons. The zero-order chi connectivity index (χ0) is 15.4. The second-order valence-electron chi connectivity index (χ2n) is 4.74. The van der Waals surface area contributed by atoms with E-state index in [4.69, 9.17) is 9.47 Å². The van der Waals surface area contributed by atoms with Gasteiger partial charge in [-0.05, 0) is 24.8 Å². The van der Waals surface area contributed by atoms with Gasteiger partial charge in [0.1, 0.15) is 0 Å². The minimum Gasteiger partial charge on any atom is -0.381 e. The number of benzene rings is 1. The van der Waals surface area contributed by atoms with Crippen molar-refractivity contribution in [3.05, 3.63) is 35.9 Å². The molecule has 1 rings (SSSR count). The zero-order valence-electron chi connectivity index (χ0n) is 12.5. The Kier molecular flexibility index (Phi) is 9.25. The molecule has 0 aliphatic carbocycles. The Balaban J connectivity index is 1.83. The maximum atomic E-state index is 10.7. The fourth-order valence-corrected chi connectivity index (χ4v) is 2.07. The molecule has 0 unspecified atom stereocenters. The van der Waals surface area contributed by atoms with Gasteiger partial charge in [0.05, 0.1) is 19.5 Å². The highest BCUT2D eigenvalue weighted by atomic mass is 32.2. The first kappa shape index (κ1) is 18.1. The highest BCUT2D eigenvalue weighted by Gasteiger charge is 2.00. The van der Waals surface area contributed by atoms with Gasteiger partial charge in [0.15, 0.2) is 0 Å². The van der Waals surface area contributed by atoms with Gasteiger partial charge in [-0.2, -0.15) is 8.42 Å². The van der Waals surface area contributed by atoms with Crippen LogP contribution in [-0.4, -0.2) is 41.1 Å². The van der Waals surface area contributed by atoms with Crippen LogP contribution in [-0.2, 0) is 30.4 Å². The van der Waals surface area contributed by atoms with Gasteiger partial charge in [-0.15, -0.1) is 0 Å². The fraction of sp³-hybridized carbons (Fsp3) is 0.600. The van der Waals surface area contributed by atoms with Crippen LogP contribution in [0.4, 0.5) is 0 Å². The predicted octanol–water partition coefficient (Wildman–Crippen LogP) is 2.37. The molecule has 0 spiro atoms. The van der Waals surface area contributed by atoms with Crippen molar-refractivity contribution in [3.63, 3.8) is 0 Å². The standard InChI is InChI=1S/C15H24O5S/c1-21(16,17)20-13-6-5-10-18-11-7-12-19-14-15-8-3-2-4-9-15/h2-4,8-9H,5-7,10-14H2,1H3. The van der Waals surface area contributed by atoms with Gasteiger partial charge >= 0.3 is 0 Å². The fourth-order valence-electron chi connectivity index (χ4n) is 1.65. The van der Waals surface area contributed by atoms with E-state index in [0.717, 1.165) is 19.1 Å². The van der Waals surface area contributed by atoms with Crippen LogP contribution in [0.5, 0.6) is 0 Å². The largest absolute Gasteiger partial charge is 0.381 e. The van der Waals surface area contributed by atoms with Gasteiger partial charge in [-0.3, -0.25) is 4.18 Å². The topological polar surface area (TPSA) is 61.8 Å². The first-order chi connectivity index (χ1) is 10.1. The Labute approximate surface area is 127 Å². The molecule has 5 nitrogen and oxygen atoms in total. The predicted molar refractivity (Wildman–Crippen MR) is 81.6 cm³/mol. The van der Waals surface area contributed by atoms with Crippen LogP contribution in [0.15, 0.2) is 30.3 Å². The molecule has 0 aliphatic heterocycles. The van der Waals surface area contributed by atoms with Crippen molar-refractivity contribution in [1.29, 1.82) is 0 Å². The van der Waals surface area contributed by atoms with Crippen molar-refractivity contribution < 1.29 is 22.1 Å². The van der Waals surface area contributed by atoms with E-state index in [1.807, 2.05) is 30.3 Å². The summed E-state index contributed by atoms with van der Waals surface area (Å²) in [4.78, 5) is 0. The zero-order valence-corrected chi connectivity index (χ0v) is 13.3. The van der Waals surface area contributed by atoms with E-state index in [1.165, 1.54) is 5.56 Å². The smallest absolute Gasteiger partial charge is 0.264 e. The molecule has 0 fully saturated rings. The second kappa shape index (κ2) is 10.7. The van der Waals surface area contributed by atoms with Crippen LogP contribution in [0.3, 0.4) is 0 Å². The van der Waals surface area contributed by atoms with E-state index in [-0.39, 0.29) is 6.61 Å². The van der Waals surface area contributed by atoms with Gasteiger partial charge in [0, 0.05) is 19.8 Å². The summed E-state index contributed by atoms with van der Waals surface area (Å²) in [5.74, 6) is 0. The first-order valence-electron chi connectivity index (χ1n) is 7.12. The Morgan fingerprint density at radius 1 is 0.857 bits per heavy atom. The summed E-state index contributed by atoms with van der Waals surface area (Å²) in [7, 11) is -3.31. The molecular weight excluding hydrogens is 292 g/mol. The third-order valence-electron chi connectivity index (χ3n) is 2.67. The van der Waals surface area contributed by atoms with Crippen LogP contribution in [0.1, 0.15) is 24.8 Å². The van der Waals surface area contributed by atoms with Crippen molar-refractivity contribution >= 4 is 10.1 Å². The molecule has 0 bridgehead atoms. The number of hydrogen-bond acceptors (Lipinski definition) is 5. The highest BCUT2D eigenvalue weighted by molar-refractivity contribution is 7.85. The van der Waals surface area contributed by atoms with Gasteiger partial charge in [0.2, 0.25) is 0 Å².